The normalized spacial score (nSPS) is 15.7. The monoisotopic (exact) mass is 280 g/mol. The van der Waals surface area contributed by atoms with Gasteiger partial charge in [-0.15, -0.1) is 0 Å². The van der Waals surface area contributed by atoms with Gasteiger partial charge in [0, 0.05) is 19.2 Å². The molecule has 19 heavy (non-hydrogen) atoms. The maximum Gasteiger partial charge on any atom is 0.250 e. The van der Waals surface area contributed by atoms with Crippen molar-refractivity contribution in [3.63, 3.8) is 0 Å². The van der Waals surface area contributed by atoms with Gasteiger partial charge in [-0.2, -0.15) is 0 Å². The standard InChI is InChI=1S/C13H16N2O3S/c1-10-2-3-11(18-10)4-5-12(16)14-13(19)15-6-8-17-9-7-15/h2-5H,6-9H2,1H3,(H,14,16,19). The molecule has 5 nitrogen and oxygen atoms in total. The summed E-state index contributed by atoms with van der Waals surface area (Å²) in [7, 11) is 0. The number of amides is 1. The van der Waals surface area contributed by atoms with Crippen molar-refractivity contribution in [3.8, 4) is 0 Å². The van der Waals surface area contributed by atoms with E-state index in [1.165, 1.54) is 6.08 Å². The highest BCUT2D eigenvalue weighted by Crippen LogP contribution is 2.07. The van der Waals surface area contributed by atoms with Crippen LogP contribution < -0.4 is 5.32 Å². The van der Waals surface area contributed by atoms with E-state index >= 15 is 0 Å². The first-order valence-electron chi connectivity index (χ1n) is 6.07. The summed E-state index contributed by atoms with van der Waals surface area (Å²) in [4.78, 5) is 13.6. The van der Waals surface area contributed by atoms with E-state index in [1.807, 2.05) is 17.9 Å². The largest absolute Gasteiger partial charge is 0.462 e. The van der Waals surface area contributed by atoms with Crippen LogP contribution in [0.25, 0.3) is 6.08 Å². The van der Waals surface area contributed by atoms with E-state index in [0.717, 1.165) is 5.76 Å². The molecule has 2 heterocycles. The van der Waals surface area contributed by atoms with Crippen LogP contribution in [-0.4, -0.2) is 42.2 Å². The molecule has 1 fully saturated rings. The van der Waals surface area contributed by atoms with Gasteiger partial charge in [0.05, 0.1) is 13.2 Å². The molecule has 0 aliphatic carbocycles. The Hall–Kier alpha value is -1.66. The summed E-state index contributed by atoms with van der Waals surface area (Å²) >= 11 is 5.17. The first-order chi connectivity index (χ1) is 9.15. The Balaban J connectivity index is 1.83. The Morgan fingerprint density at radius 3 is 2.79 bits per heavy atom. The zero-order valence-electron chi connectivity index (χ0n) is 10.7. The van der Waals surface area contributed by atoms with Gasteiger partial charge < -0.3 is 14.1 Å². The molecule has 0 radical (unpaired) electrons. The van der Waals surface area contributed by atoms with Crippen LogP contribution in [0.2, 0.25) is 0 Å². The number of thiocarbonyl (C=S) groups is 1. The summed E-state index contributed by atoms with van der Waals surface area (Å²) in [6.07, 6.45) is 3.02. The molecule has 0 bridgehead atoms. The van der Waals surface area contributed by atoms with Gasteiger partial charge in [-0.1, -0.05) is 0 Å². The summed E-state index contributed by atoms with van der Waals surface area (Å²) in [6, 6.07) is 3.65. The predicted octanol–water partition coefficient (Wildman–Crippen LogP) is 1.33. The third-order valence-electron chi connectivity index (χ3n) is 2.69. The molecular formula is C13H16N2O3S. The average Bonchev–Trinajstić information content (AvgIpc) is 2.83. The number of ether oxygens (including phenoxy) is 1. The molecule has 0 atom stereocenters. The van der Waals surface area contributed by atoms with E-state index in [2.05, 4.69) is 5.32 Å². The molecular weight excluding hydrogens is 264 g/mol. The number of rotatable bonds is 2. The van der Waals surface area contributed by atoms with Crippen LogP contribution in [-0.2, 0) is 9.53 Å². The van der Waals surface area contributed by atoms with Gasteiger partial charge in [-0.05, 0) is 37.4 Å². The maximum absolute atomic E-state index is 11.7. The zero-order valence-corrected chi connectivity index (χ0v) is 11.5. The molecule has 0 saturated carbocycles. The number of hydrogen-bond acceptors (Lipinski definition) is 4. The summed E-state index contributed by atoms with van der Waals surface area (Å²) in [5, 5.41) is 3.10. The zero-order chi connectivity index (χ0) is 13.7. The van der Waals surface area contributed by atoms with E-state index in [4.69, 9.17) is 21.4 Å². The molecule has 2 rings (SSSR count). The highest BCUT2D eigenvalue weighted by atomic mass is 32.1. The molecule has 0 unspecified atom stereocenters. The number of carbonyl (C=O) groups is 1. The summed E-state index contributed by atoms with van der Waals surface area (Å²) < 4.78 is 10.6. The van der Waals surface area contributed by atoms with Crippen molar-refractivity contribution in [2.75, 3.05) is 26.3 Å². The number of morpholine rings is 1. The van der Waals surface area contributed by atoms with Gasteiger partial charge in [0.25, 0.3) is 0 Å². The number of nitrogens with zero attached hydrogens (tertiary/aromatic N) is 1. The van der Waals surface area contributed by atoms with Gasteiger partial charge in [0.1, 0.15) is 11.5 Å². The topological polar surface area (TPSA) is 54.7 Å². The number of aryl methyl sites for hydroxylation is 1. The molecule has 1 aliphatic rings. The van der Waals surface area contributed by atoms with Crippen molar-refractivity contribution in [3.05, 3.63) is 29.7 Å². The van der Waals surface area contributed by atoms with E-state index in [1.54, 1.807) is 12.1 Å². The second kappa shape index (κ2) is 6.49. The van der Waals surface area contributed by atoms with E-state index in [9.17, 15) is 4.79 Å². The van der Waals surface area contributed by atoms with E-state index in [-0.39, 0.29) is 5.91 Å². The molecule has 1 aliphatic heterocycles. The van der Waals surface area contributed by atoms with Crippen LogP contribution in [0.15, 0.2) is 22.6 Å². The smallest absolute Gasteiger partial charge is 0.250 e. The van der Waals surface area contributed by atoms with Gasteiger partial charge in [-0.3, -0.25) is 10.1 Å². The Bertz CT molecular complexity index is 490. The van der Waals surface area contributed by atoms with Crippen molar-refractivity contribution >= 4 is 29.3 Å². The summed E-state index contributed by atoms with van der Waals surface area (Å²) in [5.41, 5.74) is 0. The number of furan rings is 1. The second-order valence-corrected chi connectivity index (χ2v) is 4.56. The molecule has 1 saturated heterocycles. The lowest BCUT2D eigenvalue weighted by molar-refractivity contribution is -0.115. The number of nitrogens with one attached hydrogen (secondary N) is 1. The third-order valence-corrected chi connectivity index (χ3v) is 3.05. The maximum atomic E-state index is 11.7. The molecule has 0 spiro atoms. The average molecular weight is 280 g/mol. The van der Waals surface area contributed by atoms with E-state index in [0.29, 0.717) is 37.2 Å². The second-order valence-electron chi connectivity index (χ2n) is 4.18. The molecule has 1 aromatic rings. The lowest BCUT2D eigenvalue weighted by atomic mass is 10.4. The summed E-state index contributed by atoms with van der Waals surface area (Å²) in [6.45, 7) is 4.54. The molecule has 102 valence electrons. The molecule has 6 heteroatoms. The Kier molecular flexibility index (Phi) is 4.70. The minimum Gasteiger partial charge on any atom is -0.462 e. The fourth-order valence-electron chi connectivity index (χ4n) is 1.69. The SMILES string of the molecule is Cc1ccc(C=CC(=O)NC(=S)N2CCOCC2)o1. The lowest BCUT2D eigenvalue weighted by Gasteiger charge is -2.28. The quantitative estimate of drug-likeness (QED) is 0.654. The van der Waals surface area contributed by atoms with Crippen LogP contribution in [0.4, 0.5) is 0 Å². The fraction of sp³-hybridized carbons (Fsp3) is 0.385. The van der Waals surface area contributed by atoms with Crippen LogP contribution >= 0.6 is 12.2 Å². The van der Waals surface area contributed by atoms with Gasteiger partial charge in [-0.25, -0.2) is 0 Å². The highest BCUT2D eigenvalue weighted by molar-refractivity contribution is 7.80. The van der Waals surface area contributed by atoms with Crippen molar-refractivity contribution < 1.29 is 13.9 Å². The van der Waals surface area contributed by atoms with Crippen molar-refractivity contribution in [1.29, 1.82) is 0 Å². The minimum absolute atomic E-state index is 0.259. The highest BCUT2D eigenvalue weighted by Gasteiger charge is 2.14. The number of hydrogen-bond donors (Lipinski definition) is 1. The third kappa shape index (κ3) is 4.18. The van der Waals surface area contributed by atoms with Crippen LogP contribution in [0.1, 0.15) is 11.5 Å². The molecule has 1 amide bonds. The van der Waals surface area contributed by atoms with Crippen molar-refractivity contribution in [1.82, 2.24) is 10.2 Å². The van der Waals surface area contributed by atoms with Crippen molar-refractivity contribution in [2.45, 2.75) is 6.92 Å². The first kappa shape index (κ1) is 13.8. The summed E-state index contributed by atoms with van der Waals surface area (Å²) in [5.74, 6) is 1.19. The molecule has 1 N–H and O–H groups in total. The van der Waals surface area contributed by atoms with Gasteiger partial charge >= 0.3 is 0 Å². The molecule has 1 aromatic heterocycles. The first-order valence-corrected chi connectivity index (χ1v) is 6.48. The van der Waals surface area contributed by atoms with Crippen LogP contribution in [0.3, 0.4) is 0 Å². The fourth-order valence-corrected chi connectivity index (χ4v) is 1.98. The Morgan fingerprint density at radius 2 is 2.16 bits per heavy atom. The van der Waals surface area contributed by atoms with Crippen LogP contribution in [0.5, 0.6) is 0 Å². The van der Waals surface area contributed by atoms with Gasteiger partial charge in [0.15, 0.2) is 5.11 Å². The lowest BCUT2D eigenvalue weighted by Crippen LogP contribution is -2.47. The Labute approximate surface area is 117 Å². The molecule has 0 aromatic carbocycles. The minimum atomic E-state index is -0.259. The Morgan fingerprint density at radius 1 is 1.42 bits per heavy atom. The number of carbonyl (C=O) groups excluding carboxylic acids is 1. The van der Waals surface area contributed by atoms with E-state index < -0.39 is 0 Å². The predicted molar refractivity (Wildman–Crippen MR) is 75.6 cm³/mol. The van der Waals surface area contributed by atoms with Gasteiger partial charge in [0.2, 0.25) is 5.91 Å². The van der Waals surface area contributed by atoms with Crippen molar-refractivity contribution in [2.24, 2.45) is 0 Å². The van der Waals surface area contributed by atoms with Crippen LogP contribution in [0, 0.1) is 6.92 Å².